The summed E-state index contributed by atoms with van der Waals surface area (Å²) in [5.41, 5.74) is 1.38. The van der Waals surface area contributed by atoms with Gasteiger partial charge in [-0.15, -0.1) is 0 Å². The average molecular weight is 370 g/mol. The van der Waals surface area contributed by atoms with Gasteiger partial charge in [-0.05, 0) is 30.3 Å². The summed E-state index contributed by atoms with van der Waals surface area (Å²) in [7, 11) is 1.73. The lowest BCUT2D eigenvalue weighted by molar-refractivity contribution is 0.0993. The minimum absolute atomic E-state index is 0.0787. The third kappa shape index (κ3) is 2.97. The van der Waals surface area contributed by atoms with Crippen molar-refractivity contribution < 1.29 is 4.79 Å². The first-order chi connectivity index (χ1) is 8.58. The van der Waals surface area contributed by atoms with E-state index in [9.17, 15) is 4.79 Å². The van der Waals surface area contributed by atoms with E-state index in [1.807, 2.05) is 12.1 Å². The molecule has 0 unspecified atom stereocenters. The molecule has 0 aliphatic rings. The summed E-state index contributed by atoms with van der Waals surface area (Å²) in [6, 6.07) is 9.12. The maximum absolute atomic E-state index is 12.3. The Labute approximate surface area is 122 Å². The number of hydrogen-bond donors (Lipinski definition) is 0. The van der Waals surface area contributed by atoms with Crippen molar-refractivity contribution in [1.29, 1.82) is 0 Å². The Morgan fingerprint density at radius 1 is 1.22 bits per heavy atom. The smallest absolute Gasteiger partial charge is 0.258 e. The number of halogens is 2. The molecule has 92 valence electrons. The Morgan fingerprint density at radius 3 is 2.44 bits per heavy atom. The Balaban J connectivity index is 2.31. The molecule has 2 aromatic rings. The van der Waals surface area contributed by atoms with Crippen LogP contribution in [0.1, 0.15) is 10.4 Å². The van der Waals surface area contributed by atoms with Gasteiger partial charge in [0.15, 0.2) is 0 Å². The van der Waals surface area contributed by atoms with Crippen molar-refractivity contribution in [2.75, 3.05) is 11.9 Å². The fourth-order valence-electron chi connectivity index (χ4n) is 1.54. The second-order valence-corrected chi connectivity index (χ2v) is 5.56. The zero-order valence-electron chi connectivity index (χ0n) is 9.60. The maximum Gasteiger partial charge on any atom is 0.258 e. The predicted molar refractivity (Wildman–Crippen MR) is 78.8 cm³/mol. The first-order valence-corrected chi connectivity index (χ1v) is 6.80. The number of pyridine rings is 1. The summed E-state index contributed by atoms with van der Waals surface area (Å²) in [6.45, 7) is 0. The zero-order valence-corrected chi connectivity index (χ0v) is 12.8. The van der Waals surface area contributed by atoms with E-state index in [4.69, 9.17) is 0 Å². The van der Waals surface area contributed by atoms with Gasteiger partial charge in [-0.3, -0.25) is 9.78 Å². The minimum Gasteiger partial charge on any atom is -0.310 e. The second kappa shape index (κ2) is 5.63. The summed E-state index contributed by atoms with van der Waals surface area (Å²) in [4.78, 5) is 17.9. The van der Waals surface area contributed by atoms with Crippen molar-refractivity contribution in [2.24, 2.45) is 0 Å². The van der Waals surface area contributed by atoms with Gasteiger partial charge in [-0.25, -0.2) is 0 Å². The van der Waals surface area contributed by atoms with E-state index < -0.39 is 0 Å². The van der Waals surface area contributed by atoms with Crippen molar-refractivity contribution in [3.05, 3.63) is 57.2 Å². The quantitative estimate of drug-likeness (QED) is 0.804. The highest BCUT2D eigenvalue weighted by atomic mass is 79.9. The number of benzene rings is 1. The Hall–Kier alpha value is -1.20. The number of carbonyl (C=O) groups is 1. The SMILES string of the molecule is CN(C(=O)c1cc(Br)cc(Br)c1)c1cccnc1. The molecule has 18 heavy (non-hydrogen) atoms. The van der Waals surface area contributed by atoms with E-state index in [-0.39, 0.29) is 5.91 Å². The minimum atomic E-state index is -0.0787. The molecule has 3 nitrogen and oxygen atoms in total. The number of carbonyl (C=O) groups excluding carboxylic acids is 1. The molecule has 0 radical (unpaired) electrons. The Kier molecular flexibility index (Phi) is 4.14. The molecule has 2 rings (SSSR count). The van der Waals surface area contributed by atoms with Crippen LogP contribution in [0.15, 0.2) is 51.7 Å². The highest BCUT2D eigenvalue weighted by molar-refractivity contribution is 9.11. The van der Waals surface area contributed by atoms with Gasteiger partial charge in [0, 0.05) is 27.8 Å². The van der Waals surface area contributed by atoms with Gasteiger partial charge in [0.1, 0.15) is 0 Å². The van der Waals surface area contributed by atoms with Crippen LogP contribution in [-0.4, -0.2) is 17.9 Å². The molecule has 0 spiro atoms. The van der Waals surface area contributed by atoms with E-state index in [2.05, 4.69) is 36.8 Å². The van der Waals surface area contributed by atoms with Crippen LogP contribution < -0.4 is 4.90 Å². The van der Waals surface area contributed by atoms with Crippen LogP contribution in [0.3, 0.4) is 0 Å². The molecular weight excluding hydrogens is 360 g/mol. The van der Waals surface area contributed by atoms with Crippen molar-refractivity contribution in [3.63, 3.8) is 0 Å². The number of nitrogens with zero attached hydrogens (tertiary/aromatic N) is 2. The summed E-state index contributed by atoms with van der Waals surface area (Å²) in [5, 5.41) is 0. The molecule has 0 bridgehead atoms. The van der Waals surface area contributed by atoms with Gasteiger partial charge in [0.25, 0.3) is 5.91 Å². The molecular formula is C13H10Br2N2O. The monoisotopic (exact) mass is 368 g/mol. The fourth-order valence-corrected chi connectivity index (χ4v) is 2.83. The van der Waals surface area contributed by atoms with Crippen molar-refractivity contribution in [1.82, 2.24) is 4.98 Å². The summed E-state index contributed by atoms with van der Waals surface area (Å²) < 4.78 is 1.72. The molecule has 1 heterocycles. The number of aromatic nitrogens is 1. The molecule has 0 saturated heterocycles. The normalized spacial score (nSPS) is 10.2. The molecule has 0 atom stereocenters. The van der Waals surface area contributed by atoms with Crippen LogP contribution in [0.25, 0.3) is 0 Å². The molecule has 1 amide bonds. The molecule has 0 aliphatic carbocycles. The summed E-state index contributed by atoms with van der Waals surface area (Å²) in [5.74, 6) is -0.0787. The van der Waals surface area contributed by atoms with E-state index in [0.29, 0.717) is 5.56 Å². The average Bonchev–Trinajstić information content (AvgIpc) is 2.37. The lowest BCUT2D eigenvalue weighted by Gasteiger charge is -2.17. The van der Waals surface area contributed by atoms with Gasteiger partial charge in [-0.2, -0.15) is 0 Å². The van der Waals surface area contributed by atoms with Crippen LogP contribution in [-0.2, 0) is 0 Å². The van der Waals surface area contributed by atoms with Crippen LogP contribution >= 0.6 is 31.9 Å². The number of hydrogen-bond acceptors (Lipinski definition) is 2. The predicted octanol–water partition coefficient (Wildman–Crippen LogP) is 3.88. The zero-order chi connectivity index (χ0) is 13.1. The number of anilines is 1. The van der Waals surface area contributed by atoms with E-state index in [1.165, 1.54) is 0 Å². The fraction of sp³-hybridized carbons (Fsp3) is 0.0769. The number of amides is 1. The van der Waals surface area contributed by atoms with Crippen LogP contribution in [0.5, 0.6) is 0 Å². The standard InChI is InChI=1S/C13H10Br2N2O/c1-17(12-3-2-4-16-8-12)13(18)9-5-10(14)7-11(15)6-9/h2-8H,1H3. The lowest BCUT2D eigenvalue weighted by atomic mass is 10.2. The molecule has 0 aliphatic heterocycles. The van der Waals surface area contributed by atoms with E-state index >= 15 is 0 Å². The molecule has 0 saturated carbocycles. The molecule has 1 aromatic heterocycles. The van der Waals surface area contributed by atoms with Gasteiger partial charge in [0.05, 0.1) is 11.9 Å². The highest BCUT2D eigenvalue weighted by Gasteiger charge is 2.14. The number of rotatable bonds is 2. The third-order valence-corrected chi connectivity index (χ3v) is 3.36. The van der Waals surface area contributed by atoms with E-state index in [1.54, 1.807) is 42.5 Å². The summed E-state index contributed by atoms with van der Waals surface area (Å²) in [6.07, 6.45) is 3.34. The lowest BCUT2D eigenvalue weighted by Crippen LogP contribution is -2.26. The van der Waals surface area contributed by atoms with Gasteiger partial charge in [-0.1, -0.05) is 31.9 Å². The van der Waals surface area contributed by atoms with Crippen molar-refractivity contribution in [3.8, 4) is 0 Å². The Morgan fingerprint density at radius 2 is 1.89 bits per heavy atom. The van der Waals surface area contributed by atoms with Crippen molar-refractivity contribution >= 4 is 43.5 Å². The van der Waals surface area contributed by atoms with E-state index in [0.717, 1.165) is 14.6 Å². The van der Waals surface area contributed by atoms with Crippen LogP contribution in [0.2, 0.25) is 0 Å². The van der Waals surface area contributed by atoms with Gasteiger partial charge < -0.3 is 4.90 Å². The summed E-state index contributed by atoms with van der Waals surface area (Å²) >= 11 is 6.75. The van der Waals surface area contributed by atoms with Crippen LogP contribution in [0, 0.1) is 0 Å². The topological polar surface area (TPSA) is 33.2 Å². The van der Waals surface area contributed by atoms with Crippen molar-refractivity contribution in [2.45, 2.75) is 0 Å². The molecule has 5 heteroatoms. The van der Waals surface area contributed by atoms with Crippen LogP contribution in [0.4, 0.5) is 5.69 Å². The second-order valence-electron chi connectivity index (χ2n) is 3.73. The first kappa shape index (κ1) is 13.2. The van der Waals surface area contributed by atoms with Gasteiger partial charge >= 0.3 is 0 Å². The largest absolute Gasteiger partial charge is 0.310 e. The highest BCUT2D eigenvalue weighted by Crippen LogP contribution is 2.22. The molecule has 0 N–H and O–H groups in total. The Bertz CT molecular complexity index is 552. The molecule has 0 fully saturated rings. The molecule has 1 aromatic carbocycles. The van der Waals surface area contributed by atoms with Gasteiger partial charge in [0.2, 0.25) is 0 Å². The first-order valence-electron chi connectivity index (χ1n) is 5.22. The maximum atomic E-state index is 12.3. The third-order valence-electron chi connectivity index (χ3n) is 2.45.